The van der Waals surface area contributed by atoms with Crippen LogP contribution in [-0.4, -0.2) is 15.0 Å². The van der Waals surface area contributed by atoms with Crippen LogP contribution in [0.3, 0.4) is 0 Å². The second kappa shape index (κ2) is 5.20. The van der Waals surface area contributed by atoms with E-state index in [1.165, 1.54) is 11.3 Å². The zero-order valence-electron chi connectivity index (χ0n) is 11.6. The van der Waals surface area contributed by atoms with Gasteiger partial charge in [0.25, 0.3) is 0 Å². The molecule has 0 atom stereocenters. The quantitative estimate of drug-likeness (QED) is 0.608. The molecule has 0 bridgehead atoms. The van der Waals surface area contributed by atoms with E-state index < -0.39 is 0 Å². The number of pyridine rings is 2. The van der Waals surface area contributed by atoms with E-state index in [0.717, 1.165) is 32.6 Å². The largest absolute Gasteiger partial charge is 0.375 e. The molecule has 4 rings (SSSR count). The molecule has 4 aromatic rings. The van der Waals surface area contributed by atoms with Crippen LogP contribution in [0.15, 0.2) is 61.1 Å². The number of hydrogen-bond donors (Lipinski definition) is 1. The first kappa shape index (κ1) is 12.9. The van der Waals surface area contributed by atoms with Crippen LogP contribution >= 0.6 is 11.3 Å². The zero-order valence-corrected chi connectivity index (χ0v) is 12.4. The number of fused-ring (bicyclic) bond motifs is 1. The molecular formula is C17H12N4S. The first-order valence-corrected chi connectivity index (χ1v) is 7.65. The fraction of sp³-hybridized carbons (Fsp3) is 0. The minimum Gasteiger partial charge on any atom is -0.375 e. The van der Waals surface area contributed by atoms with Gasteiger partial charge in [0.1, 0.15) is 0 Å². The van der Waals surface area contributed by atoms with Gasteiger partial charge in [-0.1, -0.05) is 23.5 Å². The number of nitrogen functional groups attached to an aromatic ring is 1. The Morgan fingerprint density at radius 1 is 0.955 bits per heavy atom. The highest BCUT2D eigenvalue weighted by molar-refractivity contribution is 7.22. The highest BCUT2D eigenvalue weighted by Gasteiger charge is 2.12. The van der Waals surface area contributed by atoms with Crippen molar-refractivity contribution in [2.75, 3.05) is 5.73 Å². The molecule has 3 aromatic heterocycles. The summed E-state index contributed by atoms with van der Waals surface area (Å²) in [5.41, 5.74) is 10.9. The first-order chi connectivity index (χ1) is 10.8. The molecule has 106 valence electrons. The minimum atomic E-state index is 0.568. The van der Waals surface area contributed by atoms with E-state index in [0.29, 0.717) is 5.13 Å². The van der Waals surface area contributed by atoms with Gasteiger partial charge >= 0.3 is 0 Å². The highest BCUT2D eigenvalue weighted by atomic mass is 32.1. The Hall–Kier alpha value is -2.79. The second-order valence-corrected chi connectivity index (χ2v) is 5.91. The summed E-state index contributed by atoms with van der Waals surface area (Å²) in [6, 6.07) is 14.0. The molecule has 0 aliphatic heterocycles. The molecule has 0 spiro atoms. The summed E-state index contributed by atoms with van der Waals surface area (Å²) >= 11 is 1.50. The van der Waals surface area contributed by atoms with Crippen molar-refractivity contribution in [1.82, 2.24) is 15.0 Å². The molecule has 1 aromatic carbocycles. The predicted molar refractivity (Wildman–Crippen MR) is 90.5 cm³/mol. The number of anilines is 1. The Labute approximate surface area is 131 Å². The van der Waals surface area contributed by atoms with E-state index in [-0.39, 0.29) is 0 Å². The van der Waals surface area contributed by atoms with Crippen molar-refractivity contribution in [2.24, 2.45) is 0 Å². The summed E-state index contributed by atoms with van der Waals surface area (Å²) in [5, 5.41) is 0.568. The Balaban J connectivity index is 2.02. The van der Waals surface area contributed by atoms with E-state index in [4.69, 9.17) is 5.73 Å². The lowest BCUT2D eigenvalue weighted by Crippen LogP contribution is -1.86. The average molecular weight is 304 g/mol. The molecule has 0 aliphatic rings. The summed E-state index contributed by atoms with van der Waals surface area (Å²) in [6.07, 6.45) is 5.41. The standard InChI is InChI=1S/C17H12N4S/c18-17-21-15-9-12(14-5-1-2-7-20-14)8-13(16(15)22-17)11-4-3-6-19-10-11/h1-10H,(H2,18,21). The van der Waals surface area contributed by atoms with Gasteiger partial charge in [0.2, 0.25) is 0 Å². The number of benzene rings is 1. The van der Waals surface area contributed by atoms with Crippen molar-refractivity contribution >= 4 is 26.7 Å². The van der Waals surface area contributed by atoms with Crippen LogP contribution in [0, 0.1) is 0 Å². The number of nitrogens with two attached hydrogens (primary N) is 1. The monoisotopic (exact) mass is 304 g/mol. The van der Waals surface area contributed by atoms with Crippen molar-refractivity contribution in [3.05, 3.63) is 61.1 Å². The fourth-order valence-corrected chi connectivity index (χ4v) is 3.32. The molecule has 0 fully saturated rings. The highest BCUT2D eigenvalue weighted by Crippen LogP contribution is 2.37. The van der Waals surface area contributed by atoms with Crippen LogP contribution in [0.2, 0.25) is 0 Å². The van der Waals surface area contributed by atoms with Gasteiger partial charge in [-0.3, -0.25) is 9.97 Å². The molecule has 0 saturated carbocycles. The molecule has 4 nitrogen and oxygen atoms in total. The van der Waals surface area contributed by atoms with Gasteiger partial charge in [-0.15, -0.1) is 0 Å². The Morgan fingerprint density at radius 2 is 1.91 bits per heavy atom. The normalized spacial score (nSPS) is 10.9. The van der Waals surface area contributed by atoms with Crippen molar-refractivity contribution in [3.8, 4) is 22.4 Å². The maximum Gasteiger partial charge on any atom is 0.181 e. The van der Waals surface area contributed by atoms with Crippen LogP contribution in [-0.2, 0) is 0 Å². The molecule has 0 saturated heterocycles. The molecule has 22 heavy (non-hydrogen) atoms. The maximum absolute atomic E-state index is 5.90. The lowest BCUT2D eigenvalue weighted by Gasteiger charge is -2.06. The van der Waals surface area contributed by atoms with Gasteiger partial charge in [0.05, 0.1) is 15.9 Å². The van der Waals surface area contributed by atoms with Crippen LogP contribution in [0.5, 0.6) is 0 Å². The summed E-state index contributed by atoms with van der Waals surface area (Å²) in [7, 11) is 0. The fourth-order valence-electron chi connectivity index (χ4n) is 2.47. The number of aromatic nitrogens is 3. The van der Waals surface area contributed by atoms with Gasteiger partial charge in [-0.25, -0.2) is 4.98 Å². The third-order valence-corrected chi connectivity index (χ3v) is 4.37. The van der Waals surface area contributed by atoms with Gasteiger partial charge < -0.3 is 5.73 Å². The Morgan fingerprint density at radius 3 is 2.68 bits per heavy atom. The lowest BCUT2D eigenvalue weighted by molar-refractivity contribution is 1.32. The van der Waals surface area contributed by atoms with Gasteiger partial charge in [-0.05, 0) is 30.3 Å². The van der Waals surface area contributed by atoms with E-state index in [1.807, 2.05) is 42.6 Å². The number of rotatable bonds is 2. The molecule has 0 aliphatic carbocycles. The van der Waals surface area contributed by atoms with Crippen molar-refractivity contribution < 1.29 is 0 Å². The van der Waals surface area contributed by atoms with Crippen LogP contribution in [0.25, 0.3) is 32.6 Å². The van der Waals surface area contributed by atoms with E-state index >= 15 is 0 Å². The lowest BCUT2D eigenvalue weighted by atomic mass is 10.0. The Bertz CT molecular complexity index is 933. The third kappa shape index (κ3) is 2.21. The summed E-state index contributed by atoms with van der Waals surface area (Å²) in [5.74, 6) is 0. The van der Waals surface area contributed by atoms with Crippen molar-refractivity contribution in [3.63, 3.8) is 0 Å². The second-order valence-electron chi connectivity index (χ2n) is 4.88. The smallest absolute Gasteiger partial charge is 0.181 e. The topological polar surface area (TPSA) is 64.7 Å². The summed E-state index contributed by atoms with van der Waals surface area (Å²) in [6.45, 7) is 0. The van der Waals surface area contributed by atoms with Gasteiger partial charge in [0, 0.05) is 35.3 Å². The molecular weight excluding hydrogens is 292 g/mol. The SMILES string of the molecule is Nc1nc2cc(-c3ccccn3)cc(-c3cccnc3)c2s1. The van der Waals surface area contributed by atoms with Gasteiger partial charge in [-0.2, -0.15) is 0 Å². The van der Waals surface area contributed by atoms with E-state index in [9.17, 15) is 0 Å². The number of hydrogen-bond acceptors (Lipinski definition) is 5. The number of nitrogens with zero attached hydrogens (tertiary/aromatic N) is 3. The van der Waals surface area contributed by atoms with Crippen molar-refractivity contribution in [2.45, 2.75) is 0 Å². The third-order valence-electron chi connectivity index (χ3n) is 3.44. The van der Waals surface area contributed by atoms with Crippen LogP contribution in [0.1, 0.15) is 0 Å². The summed E-state index contributed by atoms with van der Waals surface area (Å²) < 4.78 is 1.07. The van der Waals surface area contributed by atoms with Crippen LogP contribution < -0.4 is 5.73 Å². The van der Waals surface area contributed by atoms with E-state index in [1.54, 1.807) is 12.4 Å². The molecule has 3 heterocycles. The molecule has 0 amide bonds. The molecule has 5 heteroatoms. The molecule has 2 N–H and O–H groups in total. The predicted octanol–water partition coefficient (Wildman–Crippen LogP) is 4.00. The van der Waals surface area contributed by atoms with Crippen molar-refractivity contribution in [1.29, 1.82) is 0 Å². The zero-order chi connectivity index (χ0) is 14.9. The van der Waals surface area contributed by atoms with Crippen LogP contribution in [0.4, 0.5) is 5.13 Å². The average Bonchev–Trinajstić information content (AvgIpc) is 2.95. The summed E-state index contributed by atoms with van der Waals surface area (Å²) in [4.78, 5) is 13.1. The molecule has 0 radical (unpaired) electrons. The number of thiazole rings is 1. The molecule has 0 unspecified atom stereocenters. The minimum absolute atomic E-state index is 0.568. The Kier molecular flexibility index (Phi) is 3.05. The van der Waals surface area contributed by atoms with E-state index in [2.05, 4.69) is 21.0 Å². The van der Waals surface area contributed by atoms with Gasteiger partial charge in [0.15, 0.2) is 5.13 Å². The first-order valence-electron chi connectivity index (χ1n) is 6.83. The maximum atomic E-state index is 5.90.